The molecule has 104 valence electrons. The number of hydrogen-bond acceptors (Lipinski definition) is 3. The van der Waals surface area contributed by atoms with Gasteiger partial charge in [-0.05, 0) is 25.2 Å². The number of sulfonamides is 1. The van der Waals surface area contributed by atoms with Crippen LogP contribution in [0.4, 0.5) is 0 Å². The minimum absolute atomic E-state index is 0.0786. The van der Waals surface area contributed by atoms with Crippen LogP contribution in [0.2, 0.25) is 0 Å². The van der Waals surface area contributed by atoms with Gasteiger partial charge in [-0.3, -0.25) is 4.79 Å². The lowest BCUT2D eigenvalue weighted by Crippen LogP contribution is -2.40. The van der Waals surface area contributed by atoms with Crippen molar-refractivity contribution in [3.8, 4) is 0 Å². The van der Waals surface area contributed by atoms with Crippen LogP contribution in [0.1, 0.15) is 39.5 Å². The van der Waals surface area contributed by atoms with Crippen molar-refractivity contribution in [3.63, 3.8) is 0 Å². The third-order valence-corrected chi connectivity index (χ3v) is 6.50. The standard InChI is InChI=1S/C12H21NO4S/c1-3-8(2)7-18(16,17)13-9-4-5-11(13)10(6-9)12(14)15/h8-11H,3-7H2,1-2H3,(H,14,15). The first-order valence-corrected chi connectivity index (χ1v) is 8.21. The van der Waals surface area contributed by atoms with E-state index >= 15 is 0 Å². The summed E-state index contributed by atoms with van der Waals surface area (Å²) in [5, 5.41) is 9.13. The molecule has 1 N–H and O–H groups in total. The van der Waals surface area contributed by atoms with Crippen molar-refractivity contribution in [2.45, 2.75) is 51.6 Å². The van der Waals surface area contributed by atoms with Crippen molar-refractivity contribution < 1.29 is 18.3 Å². The fourth-order valence-corrected chi connectivity index (χ4v) is 5.64. The number of carbonyl (C=O) groups is 1. The van der Waals surface area contributed by atoms with E-state index in [4.69, 9.17) is 5.11 Å². The lowest BCUT2D eigenvalue weighted by Gasteiger charge is -2.24. The largest absolute Gasteiger partial charge is 0.481 e. The lowest BCUT2D eigenvalue weighted by atomic mass is 9.89. The Hall–Kier alpha value is -0.620. The fourth-order valence-electron chi connectivity index (χ4n) is 3.20. The average Bonchev–Trinajstić information content (AvgIpc) is 2.85. The highest BCUT2D eigenvalue weighted by Gasteiger charge is 2.53. The molecule has 0 aromatic rings. The Balaban J connectivity index is 2.17. The van der Waals surface area contributed by atoms with Crippen LogP contribution in [0.5, 0.6) is 0 Å². The fraction of sp³-hybridized carbons (Fsp3) is 0.917. The number of hydrogen-bond donors (Lipinski definition) is 1. The predicted octanol–water partition coefficient (Wildman–Crippen LogP) is 1.30. The second-order valence-electron chi connectivity index (χ2n) is 5.60. The molecule has 0 radical (unpaired) electrons. The molecule has 0 aromatic carbocycles. The highest BCUT2D eigenvalue weighted by atomic mass is 32.2. The van der Waals surface area contributed by atoms with Gasteiger partial charge in [0.15, 0.2) is 0 Å². The highest BCUT2D eigenvalue weighted by Crippen LogP contribution is 2.43. The monoisotopic (exact) mass is 275 g/mol. The highest BCUT2D eigenvalue weighted by molar-refractivity contribution is 7.89. The molecule has 5 nitrogen and oxygen atoms in total. The van der Waals surface area contributed by atoms with Gasteiger partial charge in [-0.25, -0.2) is 8.42 Å². The maximum absolute atomic E-state index is 12.4. The van der Waals surface area contributed by atoms with E-state index in [9.17, 15) is 13.2 Å². The van der Waals surface area contributed by atoms with E-state index in [0.29, 0.717) is 12.8 Å². The molecule has 2 aliphatic rings. The third-order valence-electron chi connectivity index (χ3n) is 4.30. The summed E-state index contributed by atoms with van der Waals surface area (Å²) in [5.41, 5.74) is 0. The van der Waals surface area contributed by atoms with Gasteiger partial charge in [-0.15, -0.1) is 0 Å². The number of nitrogens with zero attached hydrogens (tertiary/aromatic N) is 1. The van der Waals surface area contributed by atoms with E-state index in [1.54, 1.807) is 0 Å². The number of carboxylic acid groups (broad SMARTS) is 1. The maximum atomic E-state index is 12.4. The molecular weight excluding hydrogens is 254 g/mol. The summed E-state index contributed by atoms with van der Waals surface area (Å²) in [7, 11) is -3.30. The quantitative estimate of drug-likeness (QED) is 0.820. The summed E-state index contributed by atoms with van der Waals surface area (Å²) in [5.74, 6) is -1.09. The topological polar surface area (TPSA) is 74.7 Å². The molecule has 0 aromatic heterocycles. The first-order chi connectivity index (χ1) is 8.36. The van der Waals surface area contributed by atoms with E-state index in [-0.39, 0.29) is 23.8 Å². The Bertz CT molecular complexity index is 433. The summed E-state index contributed by atoms with van der Waals surface area (Å²) in [6, 6.07) is -0.383. The Morgan fingerprint density at radius 1 is 1.44 bits per heavy atom. The average molecular weight is 275 g/mol. The van der Waals surface area contributed by atoms with Crippen LogP contribution in [0.15, 0.2) is 0 Å². The summed E-state index contributed by atoms with van der Waals surface area (Å²) in [6.45, 7) is 3.89. The molecule has 18 heavy (non-hydrogen) atoms. The van der Waals surface area contributed by atoms with Gasteiger partial charge in [-0.1, -0.05) is 20.3 Å². The van der Waals surface area contributed by atoms with Gasteiger partial charge in [0.1, 0.15) is 0 Å². The van der Waals surface area contributed by atoms with Crippen molar-refractivity contribution in [3.05, 3.63) is 0 Å². The van der Waals surface area contributed by atoms with Gasteiger partial charge in [0.05, 0.1) is 11.7 Å². The van der Waals surface area contributed by atoms with E-state index in [0.717, 1.165) is 12.8 Å². The van der Waals surface area contributed by atoms with Crippen LogP contribution in [0.25, 0.3) is 0 Å². The molecule has 4 atom stereocenters. The summed E-state index contributed by atoms with van der Waals surface area (Å²) < 4.78 is 26.2. The Kier molecular flexibility index (Phi) is 3.69. The van der Waals surface area contributed by atoms with Crippen molar-refractivity contribution in [2.24, 2.45) is 11.8 Å². The molecule has 2 aliphatic heterocycles. The smallest absolute Gasteiger partial charge is 0.308 e. The summed E-state index contributed by atoms with van der Waals surface area (Å²) in [4.78, 5) is 11.1. The van der Waals surface area contributed by atoms with Crippen molar-refractivity contribution in [2.75, 3.05) is 5.75 Å². The van der Waals surface area contributed by atoms with Crippen LogP contribution in [0, 0.1) is 11.8 Å². The molecule has 0 amide bonds. The molecule has 2 fully saturated rings. The lowest BCUT2D eigenvalue weighted by molar-refractivity contribution is -0.142. The van der Waals surface area contributed by atoms with Gasteiger partial charge in [0.25, 0.3) is 0 Å². The molecule has 2 rings (SSSR count). The van der Waals surface area contributed by atoms with Crippen molar-refractivity contribution in [1.82, 2.24) is 4.31 Å². The van der Waals surface area contributed by atoms with Crippen LogP contribution < -0.4 is 0 Å². The zero-order valence-electron chi connectivity index (χ0n) is 10.9. The molecule has 2 saturated heterocycles. The summed E-state index contributed by atoms with van der Waals surface area (Å²) in [6.07, 6.45) is 2.82. The van der Waals surface area contributed by atoms with Crippen LogP contribution in [-0.2, 0) is 14.8 Å². The molecule has 2 bridgehead atoms. The minimum Gasteiger partial charge on any atom is -0.481 e. The summed E-state index contributed by atoms with van der Waals surface area (Å²) >= 11 is 0. The van der Waals surface area contributed by atoms with E-state index < -0.39 is 21.9 Å². The van der Waals surface area contributed by atoms with Crippen molar-refractivity contribution >= 4 is 16.0 Å². The molecule has 4 unspecified atom stereocenters. The maximum Gasteiger partial charge on any atom is 0.308 e. The zero-order chi connectivity index (χ0) is 13.5. The SMILES string of the molecule is CCC(C)CS(=O)(=O)N1C2CCC1C(C(=O)O)C2. The minimum atomic E-state index is -3.30. The first kappa shape index (κ1) is 13.8. The van der Waals surface area contributed by atoms with Crippen molar-refractivity contribution in [1.29, 1.82) is 0 Å². The number of rotatable bonds is 5. The third kappa shape index (κ3) is 2.28. The van der Waals surface area contributed by atoms with Gasteiger partial charge >= 0.3 is 5.97 Å². The van der Waals surface area contributed by atoms with Crippen LogP contribution in [0.3, 0.4) is 0 Å². The number of fused-ring (bicyclic) bond motifs is 2. The Morgan fingerprint density at radius 3 is 2.61 bits per heavy atom. The van der Waals surface area contributed by atoms with Crippen LogP contribution in [-0.4, -0.2) is 41.6 Å². The number of aliphatic carboxylic acids is 1. The molecule has 6 heteroatoms. The Labute approximate surface area is 108 Å². The second kappa shape index (κ2) is 4.81. The molecular formula is C12H21NO4S. The predicted molar refractivity (Wildman–Crippen MR) is 67.6 cm³/mol. The second-order valence-corrected chi connectivity index (χ2v) is 7.52. The molecule has 0 spiro atoms. The van der Waals surface area contributed by atoms with Crippen LogP contribution >= 0.6 is 0 Å². The van der Waals surface area contributed by atoms with Gasteiger partial charge in [-0.2, -0.15) is 4.31 Å². The first-order valence-electron chi connectivity index (χ1n) is 6.60. The number of carboxylic acids is 1. The van der Waals surface area contributed by atoms with Gasteiger partial charge in [0.2, 0.25) is 10.0 Å². The van der Waals surface area contributed by atoms with Gasteiger partial charge in [0, 0.05) is 12.1 Å². The van der Waals surface area contributed by atoms with E-state index in [2.05, 4.69) is 0 Å². The molecule has 0 saturated carbocycles. The van der Waals surface area contributed by atoms with E-state index in [1.807, 2.05) is 13.8 Å². The van der Waals surface area contributed by atoms with Gasteiger partial charge < -0.3 is 5.11 Å². The Morgan fingerprint density at radius 2 is 2.11 bits per heavy atom. The zero-order valence-corrected chi connectivity index (χ0v) is 11.7. The van der Waals surface area contributed by atoms with E-state index in [1.165, 1.54) is 4.31 Å². The normalized spacial score (nSPS) is 33.8. The molecule has 2 heterocycles. The molecule has 0 aliphatic carbocycles.